The van der Waals surface area contributed by atoms with Crippen LogP contribution in [0.1, 0.15) is 34.8 Å². The average molecular weight is 379 g/mol. The van der Waals surface area contributed by atoms with Gasteiger partial charge in [0.05, 0.1) is 22.2 Å². The number of fused-ring (bicyclic) bond motifs is 2. The molecule has 5 nitrogen and oxygen atoms in total. The number of anilines is 1. The Morgan fingerprint density at radius 2 is 2.15 bits per heavy atom. The van der Waals surface area contributed by atoms with Crippen LogP contribution in [0.2, 0.25) is 0 Å². The van der Waals surface area contributed by atoms with E-state index < -0.39 is 0 Å². The molecular formula is C21H21N3O2S. The first-order valence-corrected chi connectivity index (χ1v) is 10.2. The molecule has 0 saturated carbocycles. The molecule has 0 spiro atoms. The minimum Gasteiger partial charge on any atom is -0.482 e. The summed E-state index contributed by atoms with van der Waals surface area (Å²) in [5.74, 6) is 0.799. The van der Waals surface area contributed by atoms with Crippen molar-refractivity contribution in [2.45, 2.75) is 25.5 Å². The van der Waals surface area contributed by atoms with Gasteiger partial charge in [0.2, 0.25) is 0 Å². The Morgan fingerprint density at radius 1 is 1.26 bits per heavy atom. The Morgan fingerprint density at radius 3 is 3.00 bits per heavy atom. The third-order valence-corrected chi connectivity index (χ3v) is 6.35. The molecule has 3 aromatic rings. The summed E-state index contributed by atoms with van der Waals surface area (Å²) in [6.45, 7) is 5.04. The van der Waals surface area contributed by atoms with Crippen LogP contribution >= 0.6 is 11.3 Å². The second kappa shape index (κ2) is 6.62. The van der Waals surface area contributed by atoms with E-state index in [0.29, 0.717) is 23.8 Å². The van der Waals surface area contributed by atoms with Gasteiger partial charge in [-0.1, -0.05) is 12.1 Å². The summed E-state index contributed by atoms with van der Waals surface area (Å²) < 4.78 is 7.30. The number of rotatable bonds is 2. The number of hydrogen-bond donors (Lipinski definition) is 1. The van der Waals surface area contributed by atoms with Crippen molar-refractivity contribution in [1.82, 2.24) is 10.3 Å². The van der Waals surface area contributed by atoms with Crippen molar-refractivity contribution in [3.8, 4) is 5.75 Å². The van der Waals surface area contributed by atoms with Crippen molar-refractivity contribution < 1.29 is 9.53 Å². The number of thiazole rings is 1. The number of carbonyl (C=O) groups is 1. The number of aromatic nitrogens is 1. The highest BCUT2D eigenvalue weighted by Crippen LogP contribution is 2.39. The maximum atomic E-state index is 12.8. The lowest BCUT2D eigenvalue weighted by Crippen LogP contribution is -2.49. The van der Waals surface area contributed by atoms with Crippen LogP contribution in [0.3, 0.4) is 0 Å². The van der Waals surface area contributed by atoms with E-state index in [4.69, 9.17) is 4.74 Å². The summed E-state index contributed by atoms with van der Waals surface area (Å²) in [4.78, 5) is 19.8. The van der Waals surface area contributed by atoms with E-state index >= 15 is 0 Å². The van der Waals surface area contributed by atoms with E-state index in [2.05, 4.69) is 34.3 Å². The summed E-state index contributed by atoms with van der Waals surface area (Å²) in [5, 5.41) is 4.32. The van der Waals surface area contributed by atoms with Gasteiger partial charge in [-0.3, -0.25) is 4.79 Å². The Balaban J connectivity index is 1.43. The first-order valence-electron chi connectivity index (χ1n) is 9.35. The fraction of sp³-hybridized carbons (Fsp3) is 0.333. The molecule has 6 heteroatoms. The summed E-state index contributed by atoms with van der Waals surface area (Å²) >= 11 is 1.60. The van der Waals surface area contributed by atoms with Crippen LogP contribution in [0.25, 0.3) is 10.2 Å². The Bertz CT molecular complexity index is 983. The third-order valence-electron chi connectivity index (χ3n) is 5.22. The monoisotopic (exact) mass is 379 g/mol. The Labute approximate surface area is 162 Å². The van der Waals surface area contributed by atoms with E-state index in [1.165, 1.54) is 0 Å². The SMILES string of the molecule is C[C@@H]1CN(c2ccc3c(c2)C(=O)CC(c2nc4ccccc4s2)O3)CCN1. The van der Waals surface area contributed by atoms with Gasteiger partial charge in [-0.25, -0.2) is 4.98 Å². The van der Waals surface area contributed by atoms with Gasteiger partial charge in [0.15, 0.2) is 11.9 Å². The van der Waals surface area contributed by atoms with Crippen molar-refractivity contribution in [3.05, 3.63) is 53.0 Å². The highest BCUT2D eigenvalue weighted by atomic mass is 32.1. The smallest absolute Gasteiger partial charge is 0.170 e. The molecule has 1 fully saturated rings. The molecule has 0 radical (unpaired) electrons. The quantitative estimate of drug-likeness (QED) is 0.734. The van der Waals surface area contributed by atoms with Gasteiger partial charge >= 0.3 is 0 Å². The second-order valence-electron chi connectivity index (χ2n) is 7.24. The summed E-state index contributed by atoms with van der Waals surface area (Å²) in [6.07, 6.45) is 0.0429. The predicted octanol–water partition coefficient (Wildman–Crippen LogP) is 3.80. The number of ether oxygens (including phenoxy) is 1. The highest BCUT2D eigenvalue weighted by molar-refractivity contribution is 7.18. The summed E-state index contributed by atoms with van der Waals surface area (Å²) in [6, 6.07) is 14.5. The van der Waals surface area contributed by atoms with Crippen LogP contribution in [0, 0.1) is 0 Å². The Hall–Kier alpha value is -2.44. The minimum absolute atomic E-state index is 0.130. The standard InChI is InChI=1S/C21H21N3O2S/c1-13-12-24(9-8-22-13)14-6-7-18-15(10-14)17(25)11-19(26-18)21-23-16-4-2-3-5-20(16)27-21/h2-7,10,13,19,22H,8-9,11-12H2,1H3/t13-,19?/m1/s1. The van der Waals surface area contributed by atoms with Crippen molar-refractivity contribution in [2.24, 2.45) is 0 Å². The molecule has 5 rings (SSSR count). The fourth-order valence-corrected chi connectivity index (χ4v) is 4.84. The van der Waals surface area contributed by atoms with E-state index in [9.17, 15) is 4.79 Å². The maximum Gasteiger partial charge on any atom is 0.170 e. The number of carbonyl (C=O) groups excluding carboxylic acids is 1. The van der Waals surface area contributed by atoms with Crippen molar-refractivity contribution in [3.63, 3.8) is 0 Å². The molecule has 2 aliphatic heterocycles. The first-order chi connectivity index (χ1) is 13.2. The lowest BCUT2D eigenvalue weighted by molar-refractivity contribution is 0.0850. The van der Waals surface area contributed by atoms with E-state index in [1.807, 2.05) is 30.3 Å². The molecule has 1 unspecified atom stereocenters. The first kappa shape index (κ1) is 16.7. The third kappa shape index (κ3) is 3.09. The highest BCUT2D eigenvalue weighted by Gasteiger charge is 2.30. The number of piperazine rings is 1. The Kier molecular flexibility index (Phi) is 4.10. The van der Waals surface area contributed by atoms with Crippen LogP contribution in [0.4, 0.5) is 5.69 Å². The number of hydrogen-bond acceptors (Lipinski definition) is 6. The van der Waals surface area contributed by atoms with Gasteiger partial charge in [0.1, 0.15) is 10.8 Å². The van der Waals surface area contributed by atoms with E-state index in [0.717, 1.165) is 40.5 Å². The predicted molar refractivity (Wildman–Crippen MR) is 108 cm³/mol. The van der Waals surface area contributed by atoms with Crippen LogP contribution in [0.15, 0.2) is 42.5 Å². The molecule has 0 aliphatic carbocycles. The molecule has 0 bridgehead atoms. The van der Waals surface area contributed by atoms with Gasteiger partial charge in [0, 0.05) is 31.4 Å². The zero-order valence-electron chi connectivity index (χ0n) is 15.1. The largest absolute Gasteiger partial charge is 0.482 e. The fourth-order valence-electron chi connectivity index (χ4n) is 3.84. The molecular weight excluding hydrogens is 358 g/mol. The second-order valence-corrected chi connectivity index (χ2v) is 8.30. The number of ketones is 1. The van der Waals surface area contributed by atoms with Gasteiger partial charge in [-0.15, -0.1) is 11.3 Å². The lowest BCUT2D eigenvalue weighted by atomic mass is 9.99. The lowest BCUT2D eigenvalue weighted by Gasteiger charge is -2.34. The number of benzene rings is 2. The zero-order chi connectivity index (χ0) is 18.4. The molecule has 27 heavy (non-hydrogen) atoms. The number of Topliss-reactive ketones (excluding diaryl/α,β-unsaturated/α-hetero) is 1. The van der Waals surface area contributed by atoms with Gasteiger partial charge in [-0.2, -0.15) is 0 Å². The molecule has 138 valence electrons. The van der Waals surface area contributed by atoms with Crippen LogP contribution < -0.4 is 15.0 Å². The normalized spacial score (nSPS) is 22.6. The average Bonchev–Trinajstić information content (AvgIpc) is 3.12. The number of nitrogens with one attached hydrogen (secondary N) is 1. The van der Waals surface area contributed by atoms with Crippen molar-refractivity contribution in [2.75, 3.05) is 24.5 Å². The van der Waals surface area contributed by atoms with E-state index in [-0.39, 0.29) is 11.9 Å². The van der Waals surface area contributed by atoms with Crippen molar-refractivity contribution in [1.29, 1.82) is 0 Å². The molecule has 3 heterocycles. The summed E-state index contributed by atoms with van der Waals surface area (Å²) in [5.41, 5.74) is 2.75. The topological polar surface area (TPSA) is 54.5 Å². The van der Waals surface area contributed by atoms with Gasteiger partial charge in [0.25, 0.3) is 0 Å². The molecule has 1 N–H and O–H groups in total. The number of para-hydroxylation sites is 1. The molecule has 0 amide bonds. The van der Waals surface area contributed by atoms with E-state index in [1.54, 1.807) is 11.3 Å². The molecule has 2 aliphatic rings. The van der Waals surface area contributed by atoms with Gasteiger partial charge in [-0.05, 0) is 37.3 Å². The molecule has 2 aromatic carbocycles. The molecule has 1 aromatic heterocycles. The summed E-state index contributed by atoms with van der Waals surface area (Å²) in [7, 11) is 0. The van der Waals surface area contributed by atoms with Crippen molar-refractivity contribution >= 4 is 33.0 Å². The van der Waals surface area contributed by atoms with Crippen LogP contribution in [-0.2, 0) is 0 Å². The zero-order valence-corrected chi connectivity index (χ0v) is 16.0. The maximum absolute atomic E-state index is 12.8. The molecule has 2 atom stereocenters. The van der Waals surface area contributed by atoms with Gasteiger partial charge < -0.3 is 15.0 Å². The minimum atomic E-state index is -0.299. The van der Waals surface area contributed by atoms with Crippen LogP contribution in [0.5, 0.6) is 5.75 Å². The molecule has 1 saturated heterocycles. The van der Waals surface area contributed by atoms with Crippen LogP contribution in [-0.4, -0.2) is 36.4 Å². The number of nitrogens with zero attached hydrogens (tertiary/aromatic N) is 2.